The van der Waals surface area contributed by atoms with E-state index in [1.807, 2.05) is 43.3 Å². The molecule has 1 aliphatic rings. The Morgan fingerprint density at radius 1 is 1.06 bits per heavy atom. The van der Waals surface area contributed by atoms with Gasteiger partial charge in [-0.05, 0) is 37.3 Å². The van der Waals surface area contributed by atoms with Crippen LogP contribution < -0.4 is 10.2 Å². The Bertz CT molecular complexity index is 1360. The smallest absolute Gasteiger partial charge is 0.289 e. The summed E-state index contributed by atoms with van der Waals surface area (Å²) in [6.07, 6.45) is 5.26. The van der Waals surface area contributed by atoms with Crippen LogP contribution in [0.1, 0.15) is 13.8 Å². The second-order valence-corrected chi connectivity index (χ2v) is 9.13. The summed E-state index contributed by atoms with van der Waals surface area (Å²) in [5.41, 5.74) is 3.70. The summed E-state index contributed by atoms with van der Waals surface area (Å²) >= 11 is 1.47. The SMILES string of the molecule is CC(=O)C(=O)N1CCN(c2ccnc(Nc3nc4ccc(-c5ccncc5)nc4s3)c2)[C@@H](C)C1. The number of anilines is 3. The Morgan fingerprint density at radius 3 is 2.65 bits per heavy atom. The van der Waals surface area contributed by atoms with E-state index in [0.717, 1.165) is 27.3 Å². The lowest BCUT2D eigenvalue weighted by molar-refractivity contribution is -0.144. The highest BCUT2D eigenvalue weighted by atomic mass is 32.1. The molecular weight excluding hydrogens is 450 g/mol. The predicted molar refractivity (Wildman–Crippen MR) is 132 cm³/mol. The van der Waals surface area contributed by atoms with Crippen molar-refractivity contribution in [3.05, 3.63) is 55.0 Å². The van der Waals surface area contributed by atoms with Crippen molar-refractivity contribution in [1.82, 2.24) is 24.8 Å². The molecule has 1 fully saturated rings. The Morgan fingerprint density at radius 2 is 1.88 bits per heavy atom. The van der Waals surface area contributed by atoms with Crippen LogP contribution in [0.15, 0.2) is 55.0 Å². The van der Waals surface area contributed by atoms with Gasteiger partial charge in [0.2, 0.25) is 5.78 Å². The first-order chi connectivity index (χ1) is 16.5. The highest BCUT2D eigenvalue weighted by molar-refractivity contribution is 7.21. The van der Waals surface area contributed by atoms with Gasteiger partial charge < -0.3 is 15.1 Å². The first-order valence-corrected chi connectivity index (χ1v) is 11.8. The highest BCUT2D eigenvalue weighted by Gasteiger charge is 2.28. The van der Waals surface area contributed by atoms with Gasteiger partial charge in [0.05, 0.1) is 5.69 Å². The van der Waals surface area contributed by atoms with Crippen molar-refractivity contribution in [2.45, 2.75) is 19.9 Å². The van der Waals surface area contributed by atoms with E-state index >= 15 is 0 Å². The van der Waals surface area contributed by atoms with Gasteiger partial charge in [-0.1, -0.05) is 11.3 Å². The van der Waals surface area contributed by atoms with E-state index in [1.165, 1.54) is 18.3 Å². The monoisotopic (exact) mass is 473 g/mol. The standard InChI is InChI=1S/C24H23N7O2S/c1-15-14-30(23(33)16(2)32)11-12-31(15)18-7-10-26-21(13-18)29-24-28-20-4-3-19(27-22(20)34-24)17-5-8-25-9-6-17/h3-10,13,15H,11-12,14H2,1-2H3,(H,26,28,29)/t15-/m0/s1. The van der Waals surface area contributed by atoms with Crippen LogP contribution in [0, 0.1) is 0 Å². The van der Waals surface area contributed by atoms with Gasteiger partial charge in [0.15, 0.2) is 5.13 Å². The molecule has 0 aromatic carbocycles. The number of Topliss-reactive ketones (excluding diaryl/α,β-unsaturated/α-hetero) is 1. The number of aromatic nitrogens is 4. The van der Waals surface area contributed by atoms with Crippen LogP contribution >= 0.6 is 11.3 Å². The molecule has 0 spiro atoms. The van der Waals surface area contributed by atoms with Gasteiger partial charge in [-0.3, -0.25) is 14.6 Å². The van der Waals surface area contributed by atoms with Gasteiger partial charge in [-0.15, -0.1) is 0 Å². The number of piperazine rings is 1. The Hall–Kier alpha value is -3.92. The van der Waals surface area contributed by atoms with E-state index in [4.69, 9.17) is 4.98 Å². The van der Waals surface area contributed by atoms with E-state index in [1.54, 1.807) is 23.5 Å². The van der Waals surface area contributed by atoms with E-state index in [-0.39, 0.29) is 6.04 Å². The third-order valence-electron chi connectivity index (χ3n) is 5.76. The van der Waals surface area contributed by atoms with Crippen molar-refractivity contribution in [3.63, 3.8) is 0 Å². The maximum Gasteiger partial charge on any atom is 0.289 e. The minimum Gasteiger partial charge on any atom is -0.365 e. The molecule has 1 saturated heterocycles. The number of carbonyl (C=O) groups excluding carboxylic acids is 2. The molecule has 1 atom stereocenters. The number of nitrogens with zero attached hydrogens (tertiary/aromatic N) is 6. The number of fused-ring (bicyclic) bond motifs is 1. The van der Waals surface area contributed by atoms with Crippen LogP contribution in [0.25, 0.3) is 21.6 Å². The zero-order valence-electron chi connectivity index (χ0n) is 18.8. The number of hydrogen-bond acceptors (Lipinski definition) is 9. The lowest BCUT2D eigenvalue weighted by Crippen LogP contribution is -2.54. The second-order valence-electron chi connectivity index (χ2n) is 8.15. The molecule has 4 aromatic rings. The second kappa shape index (κ2) is 9.14. The van der Waals surface area contributed by atoms with Crippen LogP contribution in [0.2, 0.25) is 0 Å². The molecule has 9 nitrogen and oxygen atoms in total. The molecule has 4 aromatic heterocycles. The van der Waals surface area contributed by atoms with Gasteiger partial charge in [-0.25, -0.2) is 15.0 Å². The average Bonchev–Trinajstić information content (AvgIpc) is 3.25. The minimum atomic E-state index is -0.422. The maximum atomic E-state index is 12.0. The molecule has 1 aliphatic heterocycles. The van der Waals surface area contributed by atoms with Crippen LogP contribution in [0.5, 0.6) is 0 Å². The largest absolute Gasteiger partial charge is 0.365 e. The number of pyridine rings is 3. The number of carbonyl (C=O) groups is 2. The van der Waals surface area contributed by atoms with Gasteiger partial charge >= 0.3 is 0 Å². The molecule has 0 aliphatic carbocycles. The first kappa shape index (κ1) is 21.9. The summed E-state index contributed by atoms with van der Waals surface area (Å²) < 4.78 is 0. The quantitative estimate of drug-likeness (QED) is 0.439. The fourth-order valence-corrected chi connectivity index (χ4v) is 4.92. The number of rotatable bonds is 5. The highest BCUT2D eigenvalue weighted by Crippen LogP contribution is 2.30. The average molecular weight is 474 g/mol. The van der Waals surface area contributed by atoms with Crippen LogP contribution in [-0.2, 0) is 9.59 Å². The third-order valence-corrected chi connectivity index (χ3v) is 6.64. The lowest BCUT2D eigenvalue weighted by Gasteiger charge is -2.41. The molecule has 172 valence electrons. The van der Waals surface area contributed by atoms with Gasteiger partial charge in [0.1, 0.15) is 16.2 Å². The van der Waals surface area contributed by atoms with Crippen molar-refractivity contribution >= 4 is 50.0 Å². The summed E-state index contributed by atoms with van der Waals surface area (Å²) in [7, 11) is 0. The van der Waals surface area contributed by atoms with E-state index in [9.17, 15) is 9.59 Å². The molecule has 0 radical (unpaired) electrons. The van der Waals surface area contributed by atoms with Crippen molar-refractivity contribution < 1.29 is 9.59 Å². The Labute approximate surface area is 200 Å². The normalized spacial score (nSPS) is 16.0. The van der Waals surface area contributed by atoms with Gasteiger partial charge in [0, 0.05) is 68.5 Å². The number of hydrogen-bond donors (Lipinski definition) is 1. The fourth-order valence-electron chi connectivity index (χ4n) is 4.08. The van der Waals surface area contributed by atoms with Crippen molar-refractivity contribution in [3.8, 4) is 11.3 Å². The van der Waals surface area contributed by atoms with E-state index < -0.39 is 11.7 Å². The number of amides is 1. The summed E-state index contributed by atoms with van der Waals surface area (Å²) in [5.74, 6) is -0.158. The Kier molecular flexibility index (Phi) is 5.89. The molecule has 0 unspecified atom stereocenters. The topological polar surface area (TPSA) is 104 Å². The van der Waals surface area contributed by atoms with Crippen molar-refractivity contribution in [1.29, 1.82) is 0 Å². The molecule has 1 N–H and O–H groups in total. The summed E-state index contributed by atoms with van der Waals surface area (Å²) in [5, 5.41) is 4.01. The van der Waals surface area contributed by atoms with Gasteiger partial charge in [-0.2, -0.15) is 0 Å². The summed E-state index contributed by atoms with van der Waals surface area (Å²) in [6.45, 7) is 5.03. The fraction of sp³-hybridized carbons (Fsp3) is 0.250. The lowest BCUT2D eigenvalue weighted by atomic mass is 10.1. The van der Waals surface area contributed by atoms with Crippen LogP contribution in [0.3, 0.4) is 0 Å². The van der Waals surface area contributed by atoms with Crippen LogP contribution in [-0.4, -0.2) is 62.2 Å². The molecular formula is C24H23N7O2S. The van der Waals surface area contributed by atoms with E-state index in [2.05, 4.69) is 25.2 Å². The third kappa shape index (κ3) is 4.44. The molecule has 5 rings (SSSR count). The Balaban J connectivity index is 1.32. The minimum absolute atomic E-state index is 0.0746. The zero-order valence-corrected chi connectivity index (χ0v) is 19.6. The molecule has 1 amide bonds. The number of thiazole rings is 1. The molecule has 0 saturated carbocycles. The summed E-state index contributed by atoms with van der Waals surface area (Å²) in [6, 6.07) is 11.8. The molecule has 10 heteroatoms. The van der Waals surface area contributed by atoms with Crippen molar-refractivity contribution in [2.24, 2.45) is 0 Å². The van der Waals surface area contributed by atoms with Crippen molar-refractivity contribution in [2.75, 3.05) is 29.9 Å². The number of nitrogens with one attached hydrogen (secondary N) is 1. The number of ketones is 1. The van der Waals surface area contributed by atoms with Gasteiger partial charge in [0.25, 0.3) is 5.91 Å². The molecule has 34 heavy (non-hydrogen) atoms. The zero-order chi connectivity index (χ0) is 23.7. The summed E-state index contributed by atoms with van der Waals surface area (Å²) in [4.78, 5) is 46.1. The first-order valence-electron chi connectivity index (χ1n) is 11.0. The molecule has 5 heterocycles. The van der Waals surface area contributed by atoms with Crippen LogP contribution in [0.4, 0.5) is 16.6 Å². The maximum absolute atomic E-state index is 12.0. The molecule has 0 bridgehead atoms. The predicted octanol–water partition coefficient (Wildman–Crippen LogP) is 3.52. The van der Waals surface area contributed by atoms with E-state index in [0.29, 0.717) is 30.6 Å².